The van der Waals surface area contributed by atoms with E-state index in [1.165, 1.54) is 5.56 Å². The van der Waals surface area contributed by atoms with E-state index in [9.17, 15) is 5.11 Å². The van der Waals surface area contributed by atoms with Crippen LogP contribution in [-0.2, 0) is 0 Å². The summed E-state index contributed by atoms with van der Waals surface area (Å²) in [4.78, 5) is 4.53. The standard InChI is InChI=1S/C18H30N4O/c1-6-18(7-2,8-9-23)12-20-14(4)16-11-19-17-10-13(3)21-22(17)15(16)5/h10-11,14,20,23H,6-9,12H2,1-5H3. The highest BCUT2D eigenvalue weighted by molar-refractivity contribution is 5.42. The Labute approximate surface area is 139 Å². The fourth-order valence-corrected chi connectivity index (χ4v) is 3.26. The Kier molecular flexibility index (Phi) is 5.76. The Morgan fingerprint density at radius 1 is 1.30 bits per heavy atom. The van der Waals surface area contributed by atoms with Gasteiger partial charge in [-0.1, -0.05) is 13.8 Å². The van der Waals surface area contributed by atoms with Crippen LogP contribution in [0.3, 0.4) is 0 Å². The van der Waals surface area contributed by atoms with Crippen molar-refractivity contribution in [2.75, 3.05) is 13.2 Å². The van der Waals surface area contributed by atoms with Crippen molar-refractivity contribution in [3.63, 3.8) is 0 Å². The summed E-state index contributed by atoms with van der Waals surface area (Å²) in [6.45, 7) is 11.8. The van der Waals surface area contributed by atoms with Gasteiger partial charge < -0.3 is 10.4 Å². The molecule has 0 aromatic carbocycles. The van der Waals surface area contributed by atoms with Crippen molar-refractivity contribution in [1.29, 1.82) is 0 Å². The molecule has 2 aromatic rings. The Morgan fingerprint density at radius 2 is 2.00 bits per heavy atom. The molecule has 23 heavy (non-hydrogen) atoms. The van der Waals surface area contributed by atoms with Gasteiger partial charge >= 0.3 is 0 Å². The molecule has 0 aliphatic carbocycles. The first kappa shape index (κ1) is 17.9. The van der Waals surface area contributed by atoms with Gasteiger partial charge in [0.15, 0.2) is 5.65 Å². The molecule has 0 aliphatic rings. The van der Waals surface area contributed by atoms with Crippen LogP contribution in [0.2, 0.25) is 0 Å². The fraction of sp³-hybridized carbons (Fsp3) is 0.667. The minimum Gasteiger partial charge on any atom is -0.396 e. The molecule has 0 amide bonds. The molecule has 0 bridgehead atoms. The highest BCUT2D eigenvalue weighted by Crippen LogP contribution is 2.30. The number of hydrogen-bond donors (Lipinski definition) is 2. The van der Waals surface area contributed by atoms with E-state index in [0.717, 1.165) is 42.8 Å². The number of rotatable bonds is 8. The van der Waals surface area contributed by atoms with Crippen molar-refractivity contribution in [3.8, 4) is 0 Å². The second-order valence-corrected chi connectivity index (χ2v) is 6.64. The fourth-order valence-electron chi connectivity index (χ4n) is 3.26. The molecule has 2 N–H and O–H groups in total. The van der Waals surface area contributed by atoms with Gasteiger partial charge in [0, 0.05) is 42.7 Å². The van der Waals surface area contributed by atoms with Crippen LogP contribution < -0.4 is 5.32 Å². The van der Waals surface area contributed by atoms with Gasteiger partial charge in [0.25, 0.3) is 0 Å². The van der Waals surface area contributed by atoms with Crippen LogP contribution in [-0.4, -0.2) is 32.9 Å². The summed E-state index contributed by atoms with van der Waals surface area (Å²) in [5.41, 5.74) is 4.34. The highest BCUT2D eigenvalue weighted by Gasteiger charge is 2.26. The Morgan fingerprint density at radius 3 is 2.61 bits per heavy atom. The summed E-state index contributed by atoms with van der Waals surface area (Å²) in [5.74, 6) is 0. The SMILES string of the molecule is CCC(CC)(CCO)CNC(C)c1cnc2cc(C)nn2c1C. The Balaban J connectivity index is 2.17. The van der Waals surface area contributed by atoms with Gasteiger partial charge in [0.2, 0.25) is 0 Å². The molecule has 0 aliphatic heterocycles. The molecule has 5 nitrogen and oxygen atoms in total. The molecule has 1 atom stereocenters. The molecule has 0 saturated carbocycles. The van der Waals surface area contributed by atoms with Crippen LogP contribution in [0.25, 0.3) is 5.65 Å². The first-order valence-corrected chi connectivity index (χ1v) is 8.62. The van der Waals surface area contributed by atoms with Gasteiger partial charge in [-0.15, -0.1) is 0 Å². The van der Waals surface area contributed by atoms with Crippen molar-refractivity contribution in [3.05, 3.63) is 29.2 Å². The van der Waals surface area contributed by atoms with E-state index in [4.69, 9.17) is 0 Å². The number of fused-ring (bicyclic) bond motifs is 1. The molecule has 5 heteroatoms. The lowest BCUT2D eigenvalue weighted by Crippen LogP contribution is -2.36. The summed E-state index contributed by atoms with van der Waals surface area (Å²) in [6.07, 6.45) is 4.93. The number of aliphatic hydroxyl groups is 1. The molecule has 2 heterocycles. The maximum absolute atomic E-state index is 9.36. The van der Waals surface area contributed by atoms with Gasteiger partial charge in [0.05, 0.1) is 5.69 Å². The predicted octanol–water partition coefficient (Wildman–Crippen LogP) is 3.19. The number of aryl methyl sites for hydroxylation is 2. The molecule has 0 fully saturated rings. The topological polar surface area (TPSA) is 62.5 Å². The molecule has 0 spiro atoms. The quantitative estimate of drug-likeness (QED) is 0.784. The second-order valence-electron chi connectivity index (χ2n) is 6.64. The summed E-state index contributed by atoms with van der Waals surface area (Å²) >= 11 is 0. The van der Waals surface area contributed by atoms with Crippen molar-refractivity contribution in [2.24, 2.45) is 5.41 Å². The van der Waals surface area contributed by atoms with Crippen molar-refractivity contribution in [1.82, 2.24) is 19.9 Å². The number of nitrogens with one attached hydrogen (secondary N) is 1. The minimum atomic E-state index is 0.163. The predicted molar refractivity (Wildman–Crippen MR) is 93.6 cm³/mol. The molecule has 128 valence electrons. The summed E-state index contributed by atoms with van der Waals surface area (Å²) in [7, 11) is 0. The lowest BCUT2D eigenvalue weighted by atomic mass is 9.79. The molecule has 1 unspecified atom stereocenters. The number of nitrogens with zero attached hydrogens (tertiary/aromatic N) is 3. The van der Waals surface area contributed by atoms with Crippen molar-refractivity contribution >= 4 is 5.65 Å². The molecule has 2 rings (SSSR count). The normalized spacial score (nSPS) is 13.7. The minimum absolute atomic E-state index is 0.163. The lowest BCUT2D eigenvalue weighted by Gasteiger charge is -2.33. The third kappa shape index (κ3) is 3.72. The monoisotopic (exact) mass is 318 g/mol. The molecule has 2 aromatic heterocycles. The van der Waals surface area contributed by atoms with Crippen LogP contribution >= 0.6 is 0 Å². The smallest absolute Gasteiger partial charge is 0.155 e. The summed E-state index contributed by atoms with van der Waals surface area (Å²) in [5, 5.41) is 17.5. The first-order valence-electron chi connectivity index (χ1n) is 8.62. The van der Waals surface area contributed by atoms with Crippen LogP contribution in [0.5, 0.6) is 0 Å². The van der Waals surface area contributed by atoms with Crippen LogP contribution in [0.1, 0.15) is 63.0 Å². The zero-order valence-electron chi connectivity index (χ0n) is 15.1. The second kappa shape index (κ2) is 7.41. The van der Waals surface area contributed by atoms with E-state index in [-0.39, 0.29) is 18.1 Å². The van der Waals surface area contributed by atoms with Crippen LogP contribution in [0.15, 0.2) is 12.3 Å². The third-order valence-corrected chi connectivity index (χ3v) is 5.28. The number of hydrogen-bond acceptors (Lipinski definition) is 4. The molecule has 0 saturated heterocycles. The van der Waals surface area contributed by atoms with Gasteiger partial charge in [-0.25, -0.2) is 9.50 Å². The van der Waals surface area contributed by atoms with E-state index in [1.54, 1.807) is 0 Å². The van der Waals surface area contributed by atoms with E-state index in [0.29, 0.717) is 0 Å². The van der Waals surface area contributed by atoms with Gasteiger partial charge in [0.1, 0.15) is 0 Å². The first-order chi connectivity index (χ1) is 11.0. The summed E-state index contributed by atoms with van der Waals surface area (Å²) < 4.78 is 1.92. The average molecular weight is 318 g/mol. The maximum Gasteiger partial charge on any atom is 0.155 e. The molecular formula is C18H30N4O. The molecule has 0 radical (unpaired) electrons. The highest BCUT2D eigenvalue weighted by atomic mass is 16.3. The van der Waals surface area contributed by atoms with Gasteiger partial charge in [-0.2, -0.15) is 5.10 Å². The summed E-state index contributed by atoms with van der Waals surface area (Å²) in [6, 6.07) is 2.20. The lowest BCUT2D eigenvalue weighted by molar-refractivity contribution is 0.160. The number of aromatic nitrogens is 3. The third-order valence-electron chi connectivity index (χ3n) is 5.28. The Bertz CT molecular complexity index is 646. The van der Waals surface area contributed by atoms with Crippen molar-refractivity contribution in [2.45, 2.75) is 59.9 Å². The van der Waals surface area contributed by atoms with Crippen LogP contribution in [0.4, 0.5) is 0 Å². The van der Waals surface area contributed by atoms with Crippen LogP contribution in [0, 0.1) is 19.3 Å². The average Bonchev–Trinajstić information content (AvgIpc) is 2.93. The van der Waals surface area contributed by atoms with E-state index in [2.05, 4.69) is 43.1 Å². The van der Waals surface area contributed by atoms with Crippen molar-refractivity contribution < 1.29 is 5.11 Å². The largest absolute Gasteiger partial charge is 0.396 e. The maximum atomic E-state index is 9.36. The van der Waals surface area contributed by atoms with Gasteiger partial charge in [-0.05, 0) is 45.4 Å². The van der Waals surface area contributed by atoms with Gasteiger partial charge in [-0.3, -0.25) is 0 Å². The number of aliphatic hydroxyl groups excluding tert-OH is 1. The van der Waals surface area contributed by atoms with E-state index >= 15 is 0 Å². The Hall–Kier alpha value is -1.46. The zero-order valence-corrected chi connectivity index (χ0v) is 15.1. The zero-order chi connectivity index (χ0) is 17.0. The molecular weight excluding hydrogens is 288 g/mol. The van der Waals surface area contributed by atoms with E-state index < -0.39 is 0 Å². The van der Waals surface area contributed by atoms with E-state index in [1.807, 2.05) is 23.7 Å².